The summed E-state index contributed by atoms with van der Waals surface area (Å²) in [5.41, 5.74) is 0. The Balaban J connectivity index is 0.000000182. The molecule has 0 amide bonds. The molecule has 38 heteroatoms. The van der Waals surface area contributed by atoms with Gasteiger partial charge in [0, 0.05) is 5.92 Å². The Labute approximate surface area is 756 Å². The van der Waals surface area contributed by atoms with E-state index >= 15 is 0 Å². The van der Waals surface area contributed by atoms with Crippen LogP contribution in [0.3, 0.4) is 0 Å². The van der Waals surface area contributed by atoms with Gasteiger partial charge >= 0.3 is 179 Å². The fraction of sp³-hybridized carbons (Fsp3) is 1.00. The van der Waals surface area contributed by atoms with Crippen LogP contribution in [0.2, 0.25) is 38.4 Å². The second kappa shape index (κ2) is 42.9. The van der Waals surface area contributed by atoms with Gasteiger partial charge in [0.05, 0.1) is 71.2 Å². The maximum atomic E-state index is 10.4. The summed E-state index contributed by atoms with van der Waals surface area (Å²) in [4.78, 5) is 0.287. The standard InChI is InChI=1S/C18H36O6Si.C14H26O4.C13H24O5.2C12H22O6.C12H20O4Se.C6H12O4Se/c1-16(2,3)25(8,9)21-11-13-15(24-18(6,7)22-13)14-12(19)10-20-17(4,5)23-14;1-7-10-12(18-14(5,6)16-10)11-9(2)8-15-13(3,4)17-11;1-6-9-11(18-13(4,5)16-9)10-8(14)7-15-12(2,3)17-10;2*1-11(2)15-6-7(14)9(17-11)10-8(5-13)16-12(3,4)18-10;1-11(2)13-5-8-10(16-11)9-7(6-17-8)14-12(3,4)15-9;7-1-4-6(10)5(9)3(8)2-11-4/h12-15,19H,10-11H2,1-9H3;9-12H,7-8H2,1-6H3;8-11,14H,6-7H2,1-5H3;2*7-10,13-14H,5-6H2,1-4H3;7-10H,5-6H2,1-4H3;3-10H,1-2H2/t12?,13?,14-,15-;9?,10-,11+,12?;8?,9-,10+,11?;7?,8?,9-,10-;7?,8-,9+,10?;7?,8?,9-,10-;3-,4?,5?,6+/m1001010/s1. The van der Waals surface area contributed by atoms with E-state index in [4.69, 9.17) is 133 Å². The van der Waals surface area contributed by atoms with Crippen molar-refractivity contribution in [2.24, 2.45) is 5.92 Å². The van der Waals surface area contributed by atoms with E-state index in [1.54, 1.807) is 55.4 Å². The molecule has 125 heavy (non-hydrogen) atoms. The maximum absolute atomic E-state index is 10.4. The van der Waals surface area contributed by atoms with Crippen molar-refractivity contribution in [3.05, 3.63) is 0 Å². The van der Waals surface area contributed by atoms with Crippen molar-refractivity contribution in [1.82, 2.24) is 0 Å². The Morgan fingerprint density at radius 2 is 0.592 bits per heavy atom. The molecule has 0 saturated carbocycles. The third kappa shape index (κ3) is 30.7. The second-order valence-corrected chi connectivity index (χ2v) is 51.7. The quantitative estimate of drug-likeness (QED) is 0.0851. The molecule has 14 unspecified atom stereocenters. The van der Waals surface area contributed by atoms with Crippen LogP contribution in [0, 0.1) is 5.92 Å². The molecular formula is C87H162O35Se2Si. The van der Waals surface area contributed by atoms with Crippen molar-refractivity contribution < 1.29 is 169 Å². The Hall–Kier alpha value is -0.144. The van der Waals surface area contributed by atoms with Gasteiger partial charge in [-0.1, -0.05) is 41.5 Å². The van der Waals surface area contributed by atoms with E-state index in [2.05, 4.69) is 47.7 Å². The molecule has 14 saturated heterocycles. The van der Waals surface area contributed by atoms with E-state index in [9.17, 15) is 35.7 Å². The minimum absolute atomic E-state index is 0.0109. The van der Waals surface area contributed by atoms with E-state index in [0.29, 0.717) is 44.2 Å². The molecule has 14 rings (SSSR count). The van der Waals surface area contributed by atoms with Crippen LogP contribution in [0.5, 0.6) is 0 Å². The van der Waals surface area contributed by atoms with Gasteiger partial charge in [0.15, 0.2) is 66.2 Å². The van der Waals surface area contributed by atoms with Gasteiger partial charge in [-0.25, -0.2) is 0 Å². The first kappa shape index (κ1) is 110. The van der Waals surface area contributed by atoms with E-state index in [-0.39, 0.29) is 126 Å². The Kier molecular flexibility index (Phi) is 37.8. The van der Waals surface area contributed by atoms with Crippen molar-refractivity contribution >= 4 is 38.2 Å². The van der Waals surface area contributed by atoms with E-state index < -0.39 is 175 Å². The number of fused-ring (bicyclic) bond motifs is 3. The Morgan fingerprint density at radius 1 is 0.304 bits per heavy atom. The van der Waals surface area contributed by atoms with Crippen LogP contribution < -0.4 is 0 Å². The molecule has 14 heterocycles. The van der Waals surface area contributed by atoms with E-state index in [0.717, 1.165) is 24.8 Å². The van der Waals surface area contributed by atoms with Gasteiger partial charge in [-0.15, -0.1) is 0 Å². The number of hydrogen-bond acceptors (Lipinski definition) is 35. The molecule has 0 spiro atoms. The van der Waals surface area contributed by atoms with Crippen molar-refractivity contribution in [3.8, 4) is 0 Å². The second-order valence-electron chi connectivity index (χ2n) is 41.6. The van der Waals surface area contributed by atoms with Gasteiger partial charge in [-0.3, -0.25) is 0 Å². The van der Waals surface area contributed by atoms with Crippen molar-refractivity contribution in [3.63, 3.8) is 0 Å². The number of aliphatic hydroxyl groups excluding tert-OH is 10. The monoisotopic (exact) mass is 1950 g/mol. The molecule has 14 aliphatic rings. The molecular weight excluding hydrogens is 1790 g/mol. The fourth-order valence-electron chi connectivity index (χ4n) is 16.7. The third-order valence-corrected chi connectivity index (χ3v) is 34.0. The zero-order chi connectivity index (χ0) is 94.2. The molecule has 0 aliphatic carbocycles. The van der Waals surface area contributed by atoms with E-state index in [1.165, 1.54) is 0 Å². The summed E-state index contributed by atoms with van der Waals surface area (Å²) in [7, 11) is -1.91. The van der Waals surface area contributed by atoms with Gasteiger partial charge in [0.25, 0.3) is 0 Å². The summed E-state index contributed by atoms with van der Waals surface area (Å²) in [6.45, 7) is 64.5. The van der Waals surface area contributed by atoms with Gasteiger partial charge in [-0.05, 0) is 169 Å². The minimum atomic E-state index is -1.91. The normalized spacial score (nSPS) is 42.4. The summed E-state index contributed by atoms with van der Waals surface area (Å²) in [5.74, 6) is -7.65. The predicted octanol–water partition coefficient (Wildman–Crippen LogP) is 6.76. The molecule has 14 fully saturated rings. The third-order valence-electron chi connectivity index (χ3n) is 23.8. The van der Waals surface area contributed by atoms with Crippen molar-refractivity contribution in [1.29, 1.82) is 0 Å². The van der Waals surface area contributed by atoms with Gasteiger partial charge in [-0.2, -0.15) is 0 Å². The first-order valence-electron chi connectivity index (χ1n) is 44.6. The molecule has 736 valence electrons. The topological polar surface area (TPSA) is 433 Å². The van der Waals surface area contributed by atoms with Crippen LogP contribution in [-0.2, 0) is 118 Å². The van der Waals surface area contributed by atoms with Crippen molar-refractivity contribution in [2.75, 3.05) is 66.1 Å². The summed E-state index contributed by atoms with van der Waals surface area (Å²) in [6, 6.07) is 0. The first-order valence-corrected chi connectivity index (χ1v) is 51.9. The van der Waals surface area contributed by atoms with Gasteiger partial charge in [0.1, 0.15) is 97.7 Å². The average molecular weight is 1950 g/mol. The number of aliphatic hydroxyl groups is 10. The van der Waals surface area contributed by atoms with Crippen LogP contribution >= 0.6 is 0 Å². The molecule has 0 radical (unpaired) electrons. The zero-order valence-electron chi connectivity index (χ0n) is 80.6. The van der Waals surface area contributed by atoms with Crippen LogP contribution in [0.4, 0.5) is 0 Å². The molecule has 10 N–H and O–H groups in total. The average Bonchev–Trinajstić information content (AvgIpc) is 1.63. The molecule has 14 aliphatic heterocycles. The molecule has 35 nitrogen and oxygen atoms in total. The Morgan fingerprint density at radius 3 is 0.944 bits per heavy atom. The van der Waals surface area contributed by atoms with Gasteiger partial charge < -0.3 is 130 Å². The molecule has 0 aromatic heterocycles. The summed E-state index contributed by atoms with van der Waals surface area (Å²) in [6.07, 6.45) is -8.73. The summed E-state index contributed by atoms with van der Waals surface area (Å²) < 4.78 is 145. The fourth-order valence-corrected chi connectivity index (χ4v) is 22.7. The predicted molar refractivity (Wildman–Crippen MR) is 457 cm³/mol. The van der Waals surface area contributed by atoms with Crippen LogP contribution in [0.1, 0.15) is 221 Å². The molecule has 0 aromatic rings. The van der Waals surface area contributed by atoms with Crippen LogP contribution in [-0.4, -0.2) is 377 Å². The summed E-state index contributed by atoms with van der Waals surface area (Å²) in [5, 5.41) is 97.0. The van der Waals surface area contributed by atoms with Crippen LogP contribution in [0.15, 0.2) is 0 Å². The van der Waals surface area contributed by atoms with E-state index in [1.807, 2.05) is 118 Å². The summed E-state index contributed by atoms with van der Waals surface area (Å²) >= 11 is 0.554. The van der Waals surface area contributed by atoms with Gasteiger partial charge in [0.2, 0.25) is 0 Å². The molecule has 0 bridgehead atoms. The zero-order valence-corrected chi connectivity index (χ0v) is 85.0. The number of ether oxygens (including phenoxy) is 24. The first-order chi connectivity index (χ1) is 57.1. The van der Waals surface area contributed by atoms with Crippen LogP contribution in [0.25, 0.3) is 0 Å². The SMILES string of the molecule is CC1(C)OC2C[Se]C3COC(C)(C)O[C@H]3[C@@H]2O1.CC1(C)OCC(O)[C@H](C2OC(C)(C)O[C@H]2CO)O1.CC1(C)OCC(O)[C@H]([C@@H]2OC(C)(C)OC2CO)O1.CC1(C)OCC(O)[C@H]([C@@H]2OC(C)(C)OC2CO[Si](C)(C)C(C)(C)C)O1.CC[C@@H]1OC(C)(C)OC1[C@@H]1OC(C)(C)OCC1C.CC[C@@H]1OC(C)(C)OC1[C@@H]1OC(C)(C)OCC1O.OCC1[Se]C[C@H](O)C(O)[C@@H]1O. The number of hydrogen-bond donors (Lipinski definition) is 10. The Bertz CT molecular complexity index is 3040. The number of rotatable bonds is 13. The molecule has 28 atom stereocenters. The van der Waals surface area contributed by atoms with Crippen molar-refractivity contribution in [2.45, 2.75) is 481 Å². The molecule has 0 aromatic carbocycles.